The Morgan fingerprint density at radius 1 is 1.33 bits per heavy atom. The molecule has 1 unspecified atom stereocenters. The summed E-state index contributed by atoms with van der Waals surface area (Å²) in [6, 6.07) is 2.04. The minimum atomic E-state index is 0.654. The first-order chi connectivity index (χ1) is 5.61. The first-order valence-corrected chi connectivity index (χ1v) is 5.20. The third kappa shape index (κ3) is 2.31. The zero-order chi connectivity index (χ0) is 9.14. The summed E-state index contributed by atoms with van der Waals surface area (Å²) in [5, 5.41) is 0.654. The van der Waals surface area contributed by atoms with Crippen molar-refractivity contribution in [2.75, 3.05) is 0 Å². The Balaban J connectivity index is 2.58. The normalized spacial score (nSPS) is 13.8. The summed E-state index contributed by atoms with van der Waals surface area (Å²) >= 11 is 1.89. The van der Waals surface area contributed by atoms with Crippen molar-refractivity contribution in [2.24, 2.45) is 5.92 Å². The number of aryl methyl sites for hydroxylation is 1. The van der Waals surface area contributed by atoms with Crippen LogP contribution in [0.1, 0.15) is 26.5 Å². The molecule has 1 atom stereocenters. The molecule has 1 rings (SSSR count). The van der Waals surface area contributed by atoms with Gasteiger partial charge in [0.15, 0.2) is 0 Å². The molecule has 0 aromatic carbocycles. The van der Waals surface area contributed by atoms with Crippen molar-refractivity contribution in [3.8, 4) is 0 Å². The van der Waals surface area contributed by atoms with Gasteiger partial charge in [0.2, 0.25) is 0 Å². The van der Waals surface area contributed by atoms with Gasteiger partial charge in [-0.15, -0.1) is 11.8 Å². The van der Waals surface area contributed by atoms with E-state index in [-0.39, 0.29) is 0 Å². The van der Waals surface area contributed by atoms with E-state index in [1.165, 1.54) is 4.90 Å². The topological polar surface area (TPSA) is 13.1 Å². The van der Waals surface area contributed by atoms with Gasteiger partial charge in [-0.25, -0.2) is 0 Å². The predicted molar refractivity (Wildman–Crippen MR) is 53.6 cm³/mol. The SMILES string of the molecule is Cc1occc1SC(C)C(C)C. The van der Waals surface area contributed by atoms with Crippen LogP contribution < -0.4 is 0 Å². The summed E-state index contributed by atoms with van der Waals surface area (Å²) in [5.41, 5.74) is 0. The highest BCUT2D eigenvalue weighted by atomic mass is 32.2. The van der Waals surface area contributed by atoms with Gasteiger partial charge >= 0.3 is 0 Å². The average Bonchev–Trinajstić information content (AvgIpc) is 2.36. The van der Waals surface area contributed by atoms with Crippen LogP contribution >= 0.6 is 11.8 Å². The molecule has 0 fully saturated rings. The van der Waals surface area contributed by atoms with E-state index >= 15 is 0 Å². The van der Waals surface area contributed by atoms with Crippen LogP contribution in [0, 0.1) is 12.8 Å². The third-order valence-corrected chi connectivity index (χ3v) is 3.66. The Morgan fingerprint density at radius 2 is 2.00 bits per heavy atom. The van der Waals surface area contributed by atoms with Crippen molar-refractivity contribution in [3.05, 3.63) is 18.1 Å². The fraction of sp³-hybridized carbons (Fsp3) is 0.600. The van der Waals surface area contributed by atoms with Gasteiger partial charge in [0.05, 0.1) is 6.26 Å². The molecular formula is C10H16OS. The van der Waals surface area contributed by atoms with Gasteiger partial charge in [0.1, 0.15) is 5.76 Å². The molecule has 1 nitrogen and oxygen atoms in total. The van der Waals surface area contributed by atoms with Crippen LogP contribution in [-0.2, 0) is 0 Å². The van der Waals surface area contributed by atoms with Crippen LogP contribution in [0.5, 0.6) is 0 Å². The Kier molecular flexibility index (Phi) is 3.27. The minimum Gasteiger partial charge on any atom is -0.468 e. The molecule has 0 aliphatic carbocycles. The number of hydrogen-bond acceptors (Lipinski definition) is 2. The van der Waals surface area contributed by atoms with Crippen LogP contribution in [0.2, 0.25) is 0 Å². The van der Waals surface area contributed by atoms with E-state index in [2.05, 4.69) is 20.8 Å². The second-order valence-electron chi connectivity index (χ2n) is 3.41. The molecule has 2 heteroatoms. The lowest BCUT2D eigenvalue weighted by Gasteiger charge is -2.13. The lowest BCUT2D eigenvalue weighted by atomic mass is 10.2. The van der Waals surface area contributed by atoms with E-state index in [4.69, 9.17) is 4.42 Å². The monoisotopic (exact) mass is 184 g/mol. The van der Waals surface area contributed by atoms with Gasteiger partial charge in [-0.3, -0.25) is 0 Å². The average molecular weight is 184 g/mol. The molecule has 0 radical (unpaired) electrons. The molecule has 0 spiro atoms. The molecule has 0 saturated carbocycles. The van der Waals surface area contributed by atoms with Crippen LogP contribution in [-0.4, -0.2) is 5.25 Å². The largest absolute Gasteiger partial charge is 0.468 e. The van der Waals surface area contributed by atoms with E-state index in [0.717, 1.165) is 5.76 Å². The lowest BCUT2D eigenvalue weighted by Crippen LogP contribution is -2.04. The van der Waals surface area contributed by atoms with Crippen LogP contribution in [0.25, 0.3) is 0 Å². The first kappa shape index (κ1) is 9.72. The van der Waals surface area contributed by atoms with Crippen LogP contribution in [0.4, 0.5) is 0 Å². The molecule has 0 N–H and O–H groups in total. The third-order valence-electron chi connectivity index (χ3n) is 2.06. The Hall–Kier alpha value is -0.370. The summed E-state index contributed by atoms with van der Waals surface area (Å²) in [5.74, 6) is 1.75. The molecule has 68 valence electrons. The minimum absolute atomic E-state index is 0.654. The maximum Gasteiger partial charge on any atom is 0.114 e. The molecule has 1 aromatic rings. The van der Waals surface area contributed by atoms with Crippen molar-refractivity contribution in [3.63, 3.8) is 0 Å². The maximum atomic E-state index is 5.22. The van der Waals surface area contributed by atoms with Gasteiger partial charge in [0, 0.05) is 10.1 Å². The second-order valence-corrected chi connectivity index (χ2v) is 4.83. The summed E-state index contributed by atoms with van der Waals surface area (Å²) in [6.45, 7) is 8.75. The zero-order valence-corrected chi connectivity index (χ0v) is 8.94. The Morgan fingerprint density at radius 3 is 2.42 bits per heavy atom. The highest BCUT2D eigenvalue weighted by molar-refractivity contribution is 8.00. The summed E-state index contributed by atoms with van der Waals surface area (Å²) in [6.07, 6.45) is 1.75. The fourth-order valence-corrected chi connectivity index (χ4v) is 1.85. The van der Waals surface area contributed by atoms with E-state index < -0.39 is 0 Å². The van der Waals surface area contributed by atoms with Crippen molar-refractivity contribution in [2.45, 2.75) is 37.8 Å². The van der Waals surface area contributed by atoms with Gasteiger partial charge in [-0.05, 0) is 18.9 Å². The standard InChI is InChI=1S/C10H16OS/c1-7(2)9(4)12-10-5-6-11-8(10)3/h5-7,9H,1-4H3. The highest BCUT2D eigenvalue weighted by Crippen LogP contribution is 2.30. The first-order valence-electron chi connectivity index (χ1n) is 4.32. The number of thioether (sulfide) groups is 1. The number of rotatable bonds is 3. The summed E-state index contributed by atoms with van der Waals surface area (Å²) in [7, 11) is 0. The van der Waals surface area contributed by atoms with Crippen molar-refractivity contribution in [1.82, 2.24) is 0 Å². The predicted octanol–water partition coefficient (Wildman–Crippen LogP) is 3.72. The highest BCUT2D eigenvalue weighted by Gasteiger charge is 2.11. The van der Waals surface area contributed by atoms with E-state index in [9.17, 15) is 0 Å². The lowest BCUT2D eigenvalue weighted by molar-refractivity contribution is 0.526. The second kappa shape index (κ2) is 4.04. The van der Waals surface area contributed by atoms with Crippen molar-refractivity contribution >= 4 is 11.8 Å². The van der Waals surface area contributed by atoms with Gasteiger partial charge in [-0.1, -0.05) is 20.8 Å². The summed E-state index contributed by atoms with van der Waals surface area (Å²) < 4.78 is 5.22. The summed E-state index contributed by atoms with van der Waals surface area (Å²) in [4.78, 5) is 1.27. The number of hydrogen-bond donors (Lipinski definition) is 0. The molecule has 1 aromatic heterocycles. The van der Waals surface area contributed by atoms with E-state index in [1.807, 2.05) is 24.8 Å². The van der Waals surface area contributed by atoms with Crippen molar-refractivity contribution in [1.29, 1.82) is 0 Å². The Bertz CT molecular complexity index is 240. The van der Waals surface area contributed by atoms with Crippen molar-refractivity contribution < 1.29 is 4.42 Å². The van der Waals surface area contributed by atoms with Gasteiger partial charge in [0.25, 0.3) is 0 Å². The molecule has 1 heterocycles. The molecule has 0 saturated heterocycles. The zero-order valence-electron chi connectivity index (χ0n) is 8.13. The van der Waals surface area contributed by atoms with Gasteiger partial charge in [-0.2, -0.15) is 0 Å². The van der Waals surface area contributed by atoms with E-state index in [1.54, 1.807) is 6.26 Å². The van der Waals surface area contributed by atoms with Crippen LogP contribution in [0.15, 0.2) is 21.6 Å². The molecule has 0 bridgehead atoms. The maximum absolute atomic E-state index is 5.22. The van der Waals surface area contributed by atoms with Crippen LogP contribution in [0.3, 0.4) is 0 Å². The molecule has 0 aliphatic heterocycles. The quantitative estimate of drug-likeness (QED) is 0.664. The molecular weight excluding hydrogens is 168 g/mol. The smallest absolute Gasteiger partial charge is 0.114 e. The van der Waals surface area contributed by atoms with Gasteiger partial charge < -0.3 is 4.42 Å². The fourth-order valence-electron chi connectivity index (χ4n) is 0.832. The molecule has 12 heavy (non-hydrogen) atoms. The van der Waals surface area contributed by atoms with E-state index in [0.29, 0.717) is 11.2 Å². The Labute approximate surface area is 78.5 Å². The molecule has 0 aliphatic rings. The molecule has 0 amide bonds. The number of furan rings is 1.